The molecule has 1 aliphatic rings. The monoisotopic (exact) mass is 284 g/mol. The van der Waals surface area contributed by atoms with Crippen LogP contribution in [0.3, 0.4) is 0 Å². The van der Waals surface area contributed by atoms with Crippen LogP contribution in [0.4, 0.5) is 8.78 Å². The quantitative estimate of drug-likeness (QED) is 0.917. The van der Waals surface area contributed by atoms with Gasteiger partial charge in [-0.3, -0.25) is 0 Å². The molecule has 0 amide bonds. The van der Waals surface area contributed by atoms with Crippen LogP contribution in [-0.4, -0.2) is 23.9 Å². The van der Waals surface area contributed by atoms with Gasteiger partial charge >= 0.3 is 0 Å². The molecule has 1 aromatic carbocycles. The van der Waals surface area contributed by atoms with Crippen molar-refractivity contribution in [3.05, 3.63) is 35.4 Å². The third kappa shape index (κ3) is 3.18. The Morgan fingerprint density at radius 1 is 1.45 bits per heavy atom. The van der Waals surface area contributed by atoms with E-state index in [-0.39, 0.29) is 6.42 Å². The van der Waals surface area contributed by atoms with Crippen molar-refractivity contribution in [2.24, 2.45) is 5.92 Å². The second-order valence-corrected chi connectivity index (χ2v) is 5.93. The van der Waals surface area contributed by atoms with E-state index in [1.165, 1.54) is 12.1 Å². The van der Waals surface area contributed by atoms with Gasteiger partial charge in [0.15, 0.2) is 0 Å². The number of hydrogen-bond acceptors (Lipinski definition) is 2. The van der Waals surface area contributed by atoms with E-state index in [4.69, 9.17) is 4.74 Å². The van der Waals surface area contributed by atoms with Gasteiger partial charge in [-0.25, -0.2) is 8.78 Å². The molecule has 0 radical (unpaired) electrons. The number of ether oxygens (including phenoxy) is 1. The van der Waals surface area contributed by atoms with E-state index in [9.17, 15) is 13.9 Å². The van der Waals surface area contributed by atoms with Gasteiger partial charge in [0, 0.05) is 19.6 Å². The highest BCUT2D eigenvalue weighted by Gasteiger charge is 2.41. The molecular weight excluding hydrogens is 262 g/mol. The lowest BCUT2D eigenvalue weighted by Gasteiger charge is -2.42. The summed E-state index contributed by atoms with van der Waals surface area (Å²) in [5, 5.41) is 10.5. The van der Waals surface area contributed by atoms with Crippen LogP contribution < -0.4 is 0 Å². The zero-order valence-electron chi connectivity index (χ0n) is 12.0. The first-order chi connectivity index (χ1) is 9.47. The molecule has 0 bridgehead atoms. The topological polar surface area (TPSA) is 29.5 Å². The summed E-state index contributed by atoms with van der Waals surface area (Å²) >= 11 is 0. The lowest BCUT2D eigenvalue weighted by Crippen LogP contribution is -2.48. The molecule has 2 nitrogen and oxygen atoms in total. The van der Waals surface area contributed by atoms with Crippen molar-refractivity contribution in [1.29, 1.82) is 0 Å². The molecule has 0 aliphatic heterocycles. The van der Waals surface area contributed by atoms with Gasteiger partial charge in [0.05, 0.1) is 11.7 Å². The zero-order valence-corrected chi connectivity index (χ0v) is 12.0. The van der Waals surface area contributed by atoms with Gasteiger partial charge in [-0.05, 0) is 30.4 Å². The Kier molecular flexibility index (Phi) is 4.76. The van der Waals surface area contributed by atoms with Gasteiger partial charge in [-0.1, -0.05) is 25.8 Å². The highest BCUT2D eigenvalue weighted by molar-refractivity contribution is 5.20. The Morgan fingerprint density at radius 2 is 2.20 bits per heavy atom. The van der Waals surface area contributed by atoms with Crippen LogP contribution in [0.5, 0.6) is 0 Å². The number of halogens is 2. The number of rotatable bonds is 4. The maximum Gasteiger partial charge on any atom is 0.129 e. The van der Waals surface area contributed by atoms with Crippen LogP contribution in [0.1, 0.15) is 38.2 Å². The molecule has 1 N–H and O–H groups in total. The van der Waals surface area contributed by atoms with Crippen molar-refractivity contribution in [2.75, 3.05) is 7.11 Å². The summed E-state index contributed by atoms with van der Waals surface area (Å²) in [5.74, 6) is -0.732. The van der Waals surface area contributed by atoms with Crippen molar-refractivity contribution in [2.45, 2.75) is 50.7 Å². The van der Waals surface area contributed by atoms with Gasteiger partial charge in [0.25, 0.3) is 0 Å². The molecule has 1 aromatic rings. The number of aliphatic hydroxyl groups excluding tert-OH is 1. The Balaban J connectivity index is 2.14. The Labute approximate surface area is 118 Å². The Hall–Kier alpha value is -1.00. The minimum Gasteiger partial charge on any atom is -0.390 e. The van der Waals surface area contributed by atoms with Crippen molar-refractivity contribution in [1.82, 2.24) is 0 Å². The van der Waals surface area contributed by atoms with Crippen LogP contribution in [0.15, 0.2) is 18.2 Å². The van der Waals surface area contributed by atoms with Crippen LogP contribution in [-0.2, 0) is 11.2 Å². The molecule has 112 valence electrons. The fourth-order valence-electron chi connectivity index (χ4n) is 3.25. The summed E-state index contributed by atoms with van der Waals surface area (Å²) in [4.78, 5) is 0. The van der Waals surface area contributed by atoms with Gasteiger partial charge in [-0.2, -0.15) is 0 Å². The summed E-state index contributed by atoms with van der Waals surface area (Å²) in [5.41, 5.74) is -0.285. The van der Waals surface area contributed by atoms with E-state index >= 15 is 0 Å². The largest absolute Gasteiger partial charge is 0.390 e. The summed E-state index contributed by atoms with van der Waals surface area (Å²) in [6.45, 7) is 2.14. The summed E-state index contributed by atoms with van der Waals surface area (Å²) in [6.07, 6.45) is 3.04. The minimum absolute atomic E-state index is 0.146. The zero-order chi connectivity index (χ0) is 14.8. The second kappa shape index (κ2) is 6.19. The molecular formula is C16H22F2O2. The van der Waals surface area contributed by atoms with Crippen molar-refractivity contribution >= 4 is 0 Å². The van der Waals surface area contributed by atoms with Gasteiger partial charge in [0.2, 0.25) is 0 Å². The standard InChI is InChI=1S/C16H22F2O2/c1-11-4-3-7-16(10-11,20-2)15(19)8-12-5-6-13(17)9-14(12)18/h5-6,9,11,15,19H,3-4,7-8,10H2,1-2H3. The van der Waals surface area contributed by atoms with Crippen molar-refractivity contribution < 1.29 is 18.6 Å². The lowest BCUT2D eigenvalue weighted by molar-refractivity contribution is -0.131. The SMILES string of the molecule is COC1(C(O)Cc2ccc(F)cc2F)CCCC(C)C1. The van der Waals surface area contributed by atoms with Crippen LogP contribution in [0.25, 0.3) is 0 Å². The molecule has 1 fully saturated rings. The molecule has 1 aliphatic carbocycles. The summed E-state index contributed by atoms with van der Waals surface area (Å²) in [6, 6.07) is 3.46. The third-order valence-corrected chi connectivity index (χ3v) is 4.43. The van der Waals surface area contributed by atoms with E-state index in [1.54, 1.807) is 7.11 Å². The number of aliphatic hydroxyl groups is 1. The molecule has 0 aromatic heterocycles. The average molecular weight is 284 g/mol. The van der Waals surface area contributed by atoms with Crippen LogP contribution in [0, 0.1) is 17.6 Å². The fraction of sp³-hybridized carbons (Fsp3) is 0.625. The van der Waals surface area contributed by atoms with Gasteiger partial charge < -0.3 is 9.84 Å². The minimum atomic E-state index is -0.782. The van der Waals surface area contributed by atoms with Crippen LogP contribution >= 0.6 is 0 Å². The van der Waals surface area contributed by atoms with E-state index in [1.807, 2.05) is 0 Å². The molecule has 20 heavy (non-hydrogen) atoms. The lowest BCUT2D eigenvalue weighted by atomic mass is 9.74. The maximum atomic E-state index is 13.7. The molecule has 4 heteroatoms. The highest BCUT2D eigenvalue weighted by Crippen LogP contribution is 2.38. The van der Waals surface area contributed by atoms with E-state index in [2.05, 4.69) is 6.92 Å². The van der Waals surface area contributed by atoms with Crippen LogP contribution in [0.2, 0.25) is 0 Å². The summed E-state index contributed by atoms with van der Waals surface area (Å²) < 4.78 is 32.2. The first-order valence-corrected chi connectivity index (χ1v) is 7.14. The molecule has 3 atom stereocenters. The normalized spacial score (nSPS) is 28.4. The molecule has 3 unspecified atom stereocenters. The molecule has 0 saturated heterocycles. The van der Waals surface area contributed by atoms with Gasteiger partial charge in [0.1, 0.15) is 11.6 Å². The first-order valence-electron chi connectivity index (χ1n) is 7.14. The predicted molar refractivity (Wildman–Crippen MR) is 73.4 cm³/mol. The molecule has 1 saturated carbocycles. The fourth-order valence-corrected chi connectivity index (χ4v) is 3.25. The van der Waals surface area contributed by atoms with Crippen molar-refractivity contribution in [3.8, 4) is 0 Å². The predicted octanol–water partition coefficient (Wildman–Crippen LogP) is 3.46. The number of hydrogen-bond donors (Lipinski definition) is 1. The Morgan fingerprint density at radius 3 is 2.80 bits per heavy atom. The van der Waals surface area contributed by atoms with Gasteiger partial charge in [-0.15, -0.1) is 0 Å². The second-order valence-electron chi connectivity index (χ2n) is 5.93. The van der Waals surface area contributed by atoms with Crippen molar-refractivity contribution in [3.63, 3.8) is 0 Å². The van der Waals surface area contributed by atoms with E-state index < -0.39 is 23.3 Å². The first kappa shape index (κ1) is 15.4. The Bertz CT molecular complexity index is 464. The average Bonchev–Trinajstić information content (AvgIpc) is 2.41. The smallest absolute Gasteiger partial charge is 0.129 e. The maximum absolute atomic E-state index is 13.7. The number of benzene rings is 1. The van der Waals surface area contributed by atoms with E-state index in [0.29, 0.717) is 11.5 Å². The number of methoxy groups -OCH3 is 1. The molecule has 0 heterocycles. The molecule has 0 spiro atoms. The summed E-state index contributed by atoms with van der Waals surface area (Å²) in [7, 11) is 1.60. The highest BCUT2D eigenvalue weighted by atomic mass is 19.1. The van der Waals surface area contributed by atoms with E-state index in [0.717, 1.165) is 31.7 Å². The molecule has 2 rings (SSSR count). The third-order valence-electron chi connectivity index (χ3n) is 4.43.